The SMILES string of the molecule is CCOCCNC(O)COCCOCCN. The van der Waals surface area contributed by atoms with Crippen LogP contribution in [0.15, 0.2) is 0 Å². The smallest absolute Gasteiger partial charge is 0.128 e. The molecule has 6 nitrogen and oxygen atoms in total. The van der Waals surface area contributed by atoms with Gasteiger partial charge in [-0.2, -0.15) is 0 Å². The van der Waals surface area contributed by atoms with Crippen molar-refractivity contribution in [3.8, 4) is 0 Å². The maximum atomic E-state index is 9.40. The van der Waals surface area contributed by atoms with Crippen molar-refractivity contribution in [2.45, 2.75) is 13.2 Å². The Morgan fingerprint density at radius 2 is 1.88 bits per heavy atom. The summed E-state index contributed by atoms with van der Waals surface area (Å²) in [7, 11) is 0. The summed E-state index contributed by atoms with van der Waals surface area (Å²) in [5, 5.41) is 12.3. The van der Waals surface area contributed by atoms with Gasteiger partial charge in [0.1, 0.15) is 6.23 Å². The summed E-state index contributed by atoms with van der Waals surface area (Å²) in [6, 6.07) is 0. The monoisotopic (exact) mass is 236 g/mol. The molecule has 0 bridgehead atoms. The number of nitrogens with two attached hydrogens (primary N) is 1. The first-order chi connectivity index (χ1) is 7.81. The molecule has 1 atom stereocenters. The van der Waals surface area contributed by atoms with E-state index in [1.165, 1.54) is 0 Å². The summed E-state index contributed by atoms with van der Waals surface area (Å²) in [4.78, 5) is 0. The van der Waals surface area contributed by atoms with Crippen molar-refractivity contribution in [2.24, 2.45) is 5.73 Å². The fourth-order valence-corrected chi connectivity index (χ4v) is 0.999. The van der Waals surface area contributed by atoms with E-state index in [0.717, 1.165) is 0 Å². The molecule has 0 saturated carbocycles. The van der Waals surface area contributed by atoms with Gasteiger partial charge in [-0.3, -0.25) is 5.32 Å². The Kier molecular flexibility index (Phi) is 12.6. The number of hydrogen-bond donors (Lipinski definition) is 3. The lowest BCUT2D eigenvalue weighted by Crippen LogP contribution is -2.35. The molecule has 0 radical (unpaired) electrons. The molecule has 4 N–H and O–H groups in total. The zero-order valence-corrected chi connectivity index (χ0v) is 9.98. The molecule has 0 aliphatic rings. The summed E-state index contributed by atoms with van der Waals surface area (Å²) in [6.07, 6.45) is -0.657. The van der Waals surface area contributed by atoms with Crippen LogP contribution in [0.5, 0.6) is 0 Å². The number of rotatable bonds is 12. The molecule has 0 rings (SSSR count). The molecular weight excluding hydrogens is 212 g/mol. The summed E-state index contributed by atoms with van der Waals surface area (Å²) in [5.74, 6) is 0. The van der Waals surface area contributed by atoms with E-state index in [2.05, 4.69) is 5.32 Å². The van der Waals surface area contributed by atoms with E-state index in [1.807, 2.05) is 6.92 Å². The molecule has 0 amide bonds. The average Bonchev–Trinajstić information content (AvgIpc) is 2.29. The highest BCUT2D eigenvalue weighted by Gasteiger charge is 2.01. The van der Waals surface area contributed by atoms with Crippen LogP contribution in [0.3, 0.4) is 0 Å². The van der Waals surface area contributed by atoms with Gasteiger partial charge in [0.05, 0.1) is 33.0 Å². The molecule has 0 aromatic rings. The maximum absolute atomic E-state index is 9.40. The standard InChI is InChI=1S/C10H24N2O4/c1-2-14-6-4-12-10(13)9-16-8-7-15-5-3-11/h10,12-13H,2-9,11H2,1H3. The van der Waals surface area contributed by atoms with Crippen molar-refractivity contribution in [1.29, 1.82) is 0 Å². The first-order valence-corrected chi connectivity index (χ1v) is 5.66. The molecule has 0 spiro atoms. The lowest BCUT2D eigenvalue weighted by atomic mass is 10.5. The van der Waals surface area contributed by atoms with E-state index in [9.17, 15) is 5.11 Å². The van der Waals surface area contributed by atoms with Crippen LogP contribution in [-0.2, 0) is 14.2 Å². The Balaban J connectivity index is 3.08. The van der Waals surface area contributed by atoms with Gasteiger partial charge in [-0.25, -0.2) is 0 Å². The summed E-state index contributed by atoms with van der Waals surface area (Å²) >= 11 is 0. The second-order valence-corrected chi connectivity index (χ2v) is 3.14. The van der Waals surface area contributed by atoms with Gasteiger partial charge in [-0.1, -0.05) is 0 Å². The zero-order chi connectivity index (χ0) is 12.1. The Hall–Kier alpha value is -0.240. The zero-order valence-electron chi connectivity index (χ0n) is 9.98. The summed E-state index contributed by atoms with van der Waals surface area (Å²) in [5.41, 5.74) is 5.24. The van der Waals surface area contributed by atoms with E-state index < -0.39 is 6.23 Å². The fourth-order valence-electron chi connectivity index (χ4n) is 0.999. The predicted octanol–water partition coefficient (Wildman–Crippen LogP) is -1.08. The Bertz CT molecular complexity index is 138. The van der Waals surface area contributed by atoms with Gasteiger partial charge in [0, 0.05) is 19.7 Å². The van der Waals surface area contributed by atoms with Gasteiger partial charge in [-0.05, 0) is 6.92 Å². The first-order valence-electron chi connectivity index (χ1n) is 5.66. The third-order valence-electron chi connectivity index (χ3n) is 1.74. The fraction of sp³-hybridized carbons (Fsp3) is 1.00. The minimum absolute atomic E-state index is 0.248. The van der Waals surface area contributed by atoms with E-state index in [0.29, 0.717) is 46.1 Å². The predicted molar refractivity (Wildman–Crippen MR) is 61.2 cm³/mol. The molecule has 0 aromatic heterocycles. The number of hydrogen-bond acceptors (Lipinski definition) is 6. The van der Waals surface area contributed by atoms with E-state index >= 15 is 0 Å². The number of aliphatic hydroxyl groups excluding tert-OH is 1. The van der Waals surface area contributed by atoms with Crippen LogP contribution < -0.4 is 11.1 Å². The lowest BCUT2D eigenvalue weighted by Gasteiger charge is -2.13. The van der Waals surface area contributed by atoms with Crippen LogP contribution in [0.1, 0.15) is 6.92 Å². The van der Waals surface area contributed by atoms with Crippen LogP contribution in [0.2, 0.25) is 0 Å². The first kappa shape index (κ1) is 15.8. The van der Waals surface area contributed by atoms with Crippen molar-refractivity contribution in [3.05, 3.63) is 0 Å². The Morgan fingerprint density at radius 1 is 1.12 bits per heavy atom. The minimum Gasteiger partial charge on any atom is -0.380 e. The highest BCUT2D eigenvalue weighted by molar-refractivity contribution is 4.51. The molecule has 16 heavy (non-hydrogen) atoms. The van der Waals surface area contributed by atoms with Gasteiger partial charge in [0.25, 0.3) is 0 Å². The van der Waals surface area contributed by atoms with Gasteiger partial charge in [0.15, 0.2) is 0 Å². The Morgan fingerprint density at radius 3 is 2.56 bits per heavy atom. The normalized spacial score (nSPS) is 12.9. The average molecular weight is 236 g/mol. The van der Waals surface area contributed by atoms with E-state index in [4.69, 9.17) is 19.9 Å². The Labute approximate surface area is 97.0 Å². The van der Waals surface area contributed by atoms with Crippen molar-refractivity contribution in [1.82, 2.24) is 5.32 Å². The molecule has 6 heteroatoms. The molecular formula is C10H24N2O4. The highest BCUT2D eigenvalue weighted by atomic mass is 16.5. The quantitative estimate of drug-likeness (QED) is 0.295. The third-order valence-corrected chi connectivity index (χ3v) is 1.74. The van der Waals surface area contributed by atoms with Gasteiger partial charge < -0.3 is 25.1 Å². The van der Waals surface area contributed by atoms with Crippen molar-refractivity contribution in [2.75, 3.05) is 52.7 Å². The van der Waals surface area contributed by atoms with Crippen molar-refractivity contribution < 1.29 is 19.3 Å². The molecule has 0 aromatic carbocycles. The highest BCUT2D eigenvalue weighted by Crippen LogP contribution is 1.83. The molecule has 98 valence electrons. The second kappa shape index (κ2) is 12.8. The van der Waals surface area contributed by atoms with Crippen LogP contribution in [0.4, 0.5) is 0 Å². The van der Waals surface area contributed by atoms with Crippen molar-refractivity contribution in [3.63, 3.8) is 0 Å². The maximum Gasteiger partial charge on any atom is 0.128 e. The summed E-state index contributed by atoms with van der Waals surface area (Å²) in [6.45, 7) is 6.09. The molecule has 0 aliphatic heterocycles. The van der Waals surface area contributed by atoms with Gasteiger partial charge in [-0.15, -0.1) is 0 Å². The van der Waals surface area contributed by atoms with E-state index in [1.54, 1.807) is 0 Å². The molecule has 0 aliphatic carbocycles. The van der Waals surface area contributed by atoms with Crippen LogP contribution in [0, 0.1) is 0 Å². The van der Waals surface area contributed by atoms with Gasteiger partial charge >= 0.3 is 0 Å². The largest absolute Gasteiger partial charge is 0.380 e. The van der Waals surface area contributed by atoms with Gasteiger partial charge in [0.2, 0.25) is 0 Å². The molecule has 0 fully saturated rings. The topological polar surface area (TPSA) is 86.0 Å². The second-order valence-electron chi connectivity index (χ2n) is 3.14. The summed E-state index contributed by atoms with van der Waals surface area (Å²) < 4.78 is 15.4. The molecule has 1 unspecified atom stereocenters. The van der Waals surface area contributed by atoms with Crippen LogP contribution in [0.25, 0.3) is 0 Å². The molecule has 0 heterocycles. The number of aliphatic hydroxyl groups is 1. The van der Waals surface area contributed by atoms with Crippen molar-refractivity contribution >= 4 is 0 Å². The number of nitrogens with one attached hydrogen (secondary N) is 1. The number of ether oxygens (including phenoxy) is 3. The molecule has 0 saturated heterocycles. The minimum atomic E-state index is -0.657. The van der Waals surface area contributed by atoms with Crippen LogP contribution in [-0.4, -0.2) is 64.1 Å². The lowest BCUT2D eigenvalue weighted by molar-refractivity contribution is -0.00887. The third kappa shape index (κ3) is 11.8. The van der Waals surface area contributed by atoms with Crippen LogP contribution >= 0.6 is 0 Å². The van der Waals surface area contributed by atoms with E-state index in [-0.39, 0.29) is 6.61 Å².